The van der Waals surface area contributed by atoms with E-state index in [9.17, 15) is 0 Å². The lowest BCUT2D eigenvalue weighted by atomic mass is 10.1. The predicted octanol–water partition coefficient (Wildman–Crippen LogP) is 2.72. The van der Waals surface area contributed by atoms with Crippen LogP contribution in [0.1, 0.15) is 31.9 Å². The number of nitrogens with one attached hydrogen (secondary N) is 1. The second kappa shape index (κ2) is 5.62. The molecule has 0 bridgehead atoms. The lowest BCUT2D eigenvalue weighted by molar-refractivity contribution is 0.557. The van der Waals surface area contributed by atoms with Crippen LogP contribution < -0.4 is 0 Å². The summed E-state index contributed by atoms with van der Waals surface area (Å²) in [6.45, 7) is 8.87. The van der Waals surface area contributed by atoms with Crippen molar-refractivity contribution in [3.63, 3.8) is 0 Å². The minimum atomic E-state index is 0.774. The number of H-pyrrole nitrogens is 1. The van der Waals surface area contributed by atoms with Gasteiger partial charge in [0.15, 0.2) is 5.82 Å². The summed E-state index contributed by atoms with van der Waals surface area (Å²) in [6.07, 6.45) is 4.83. The van der Waals surface area contributed by atoms with E-state index in [1.54, 1.807) is 0 Å². The zero-order valence-corrected chi connectivity index (χ0v) is 11.0. The fourth-order valence-electron chi connectivity index (χ4n) is 1.92. The Kier molecular flexibility index (Phi) is 3.92. The molecule has 0 aliphatic carbocycles. The molecular formula is C13H19N5. The van der Waals surface area contributed by atoms with Crippen molar-refractivity contribution < 1.29 is 0 Å². The molecule has 0 aliphatic heterocycles. The van der Waals surface area contributed by atoms with Crippen LogP contribution in [0.3, 0.4) is 0 Å². The van der Waals surface area contributed by atoms with Crippen molar-refractivity contribution >= 4 is 0 Å². The molecule has 96 valence electrons. The van der Waals surface area contributed by atoms with Gasteiger partial charge in [0, 0.05) is 6.54 Å². The van der Waals surface area contributed by atoms with Crippen LogP contribution in [0.4, 0.5) is 0 Å². The molecule has 2 rings (SSSR count). The van der Waals surface area contributed by atoms with E-state index < -0.39 is 0 Å². The van der Waals surface area contributed by atoms with Gasteiger partial charge < -0.3 is 0 Å². The molecule has 0 unspecified atom stereocenters. The Morgan fingerprint density at radius 2 is 2.28 bits per heavy atom. The van der Waals surface area contributed by atoms with Gasteiger partial charge in [-0.1, -0.05) is 5.57 Å². The van der Waals surface area contributed by atoms with Gasteiger partial charge in [-0.15, -0.1) is 6.58 Å². The van der Waals surface area contributed by atoms with Gasteiger partial charge >= 0.3 is 0 Å². The summed E-state index contributed by atoms with van der Waals surface area (Å²) < 4.78 is 1.99. The smallest absolute Gasteiger partial charge is 0.173 e. The minimum Gasteiger partial charge on any atom is -0.261 e. The molecule has 0 saturated carbocycles. The van der Waals surface area contributed by atoms with Crippen LogP contribution in [0, 0.1) is 6.92 Å². The molecule has 0 radical (unpaired) electrons. The van der Waals surface area contributed by atoms with E-state index in [0.717, 1.165) is 43.0 Å². The van der Waals surface area contributed by atoms with E-state index in [1.165, 1.54) is 11.9 Å². The van der Waals surface area contributed by atoms with Crippen LogP contribution in [0.5, 0.6) is 0 Å². The second-order valence-electron chi connectivity index (χ2n) is 4.64. The molecule has 0 aromatic carbocycles. The van der Waals surface area contributed by atoms with Crippen LogP contribution in [-0.4, -0.2) is 25.0 Å². The number of aromatic nitrogens is 5. The van der Waals surface area contributed by atoms with E-state index in [2.05, 4.69) is 33.8 Å². The number of aromatic amines is 1. The molecule has 2 aromatic heterocycles. The zero-order valence-electron chi connectivity index (χ0n) is 11.0. The van der Waals surface area contributed by atoms with Gasteiger partial charge in [-0.2, -0.15) is 10.2 Å². The highest BCUT2D eigenvalue weighted by Crippen LogP contribution is 2.16. The largest absolute Gasteiger partial charge is 0.261 e. The summed E-state index contributed by atoms with van der Waals surface area (Å²) in [5.74, 6) is 0.774. The topological polar surface area (TPSA) is 59.4 Å². The molecule has 0 spiro atoms. The third-order valence-corrected chi connectivity index (χ3v) is 2.78. The molecule has 18 heavy (non-hydrogen) atoms. The highest BCUT2D eigenvalue weighted by Gasteiger charge is 2.09. The fraction of sp³-hybridized carbons (Fsp3) is 0.462. The number of unbranched alkanes of at least 4 members (excludes halogenated alkanes) is 1. The van der Waals surface area contributed by atoms with E-state index in [-0.39, 0.29) is 0 Å². The number of hydrogen-bond donors (Lipinski definition) is 1. The maximum atomic E-state index is 4.49. The molecule has 5 heteroatoms. The minimum absolute atomic E-state index is 0.774. The highest BCUT2D eigenvalue weighted by molar-refractivity contribution is 5.49. The first-order chi connectivity index (χ1) is 8.66. The van der Waals surface area contributed by atoms with Crippen LogP contribution in [0.2, 0.25) is 0 Å². The molecular weight excluding hydrogens is 226 g/mol. The van der Waals surface area contributed by atoms with Gasteiger partial charge in [0.2, 0.25) is 0 Å². The van der Waals surface area contributed by atoms with Gasteiger partial charge in [-0.3, -0.25) is 9.78 Å². The van der Waals surface area contributed by atoms with Crippen LogP contribution in [-0.2, 0) is 6.54 Å². The predicted molar refractivity (Wildman–Crippen MR) is 71.0 cm³/mol. The van der Waals surface area contributed by atoms with Crippen LogP contribution in [0.15, 0.2) is 24.5 Å². The Bertz CT molecular complexity index is 509. The third kappa shape index (κ3) is 3.06. The molecule has 0 amide bonds. The third-order valence-electron chi connectivity index (χ3n) is 2.78. The fourth-order valence-corrected chi connectivity index (χ4v) is 1.92. The van der Waals surface area contributed by atoms with Crippen molar-refractivity contribution in [2.75, 3.05) is 0 Å². The normalized spacial score (nSPS) is 10.8. The van der Waals surface area contributed by atoms with Crippen molar-refractivity contribution in [1.82, 2.24) is 25.0 Å². The van der Waals surface area contributed by atoms with E-state index in [0.29, 0.717) is 0 Å². The van der Waals surface area contributed by atoms with Crippen LogP contribution >= 0.6 is 0 Å². The number of nitrogens with zero attached hydrogens (tertiary/aromatic N) is 4. The Morgan fingerprint density at radius 3 is 2.94 bits per heavy atom. The van der Waals surface area contributed by atoms with Gasteiger partial charge in [-0.25, -0.2) is 4.98 Å². The van der Waals surface area contributed by atoms with Crippen molar-refractivity contribution in [3.05, 3.63) is 30.2 Å². The number of aryl methyl sites for hydroxylation is 2. The van der Waals surface area contributed by atoms with E-state index in [4.69, 9.17) is 0 Å². The Hall–Kier alpha value is -1.91. The average Bonchev–Trinajstić information content (AvgIpc) is 2.93. The Balaban J connectivity index is 2.02. The average molecular weight is 245 g/mol. The molecule has 0 aliphatic rings. The summed E-state index contributed by atoms with van der Waals surface area (Å²) >= 11 is 0. The second-order valence-corrected chi connectivity index (χ2v) is 4.64. The first-order valence-corrected chi connectivity index (χ1v) is 6.21. The molecule has 5 nitrogen and oxygen atoms in total. The van der Waals surface area contributed by atoms with Gasteiger partial charge in [-0.05, 0) is 39.2 Å². The maximum Gasteiger partial charge on any atom is 0.173 e. The first kappa shape index (κ1) is 12.5. The highest BCUT2D eigenvalue weighted by atomic mass is 15.3. The summed E-state index contributed by atoms with van der Waals surface area (Å²) in [5, 5.41) is 11.2. The summed E-state index contributed by atoms with van der Waals surface area (Å²) in [7, 11) is 0. The molecule has 0 saturated heterocycles. The quantitative estimate of drug-likeness (QED) is 0.628. The molecule has 2 aromatic rings. The van der Waals surface area contributed by atoms with Crippen LogP contribution in [0.25, 0.3) is 11.5 Å². The van der Waals surface area contributed by atoms with Gasteiger partial charge in [0.25, 0.3) is 0 Å². The van der Waals surface area contributed by atoms with Crippen molar-refractivity contribution in [3.8, 4) is 11.5 Å². The zero-order chi connectivity index (χ0) is 13.0. The van der Waals surface area contributed by atoms with E-state index in [1.807, 2.05) is 17.7 Å². The summed E-state index contributed by atoms with van der Waals surface area (Å²) in [6, 6.07) is 2.03. The van der Waals surface area contributed by atoms with Gasteiger partial charge in [0.05, 0.1) is 5.69 Å². The lowest BCUT2D eigenvalue weighted by Crippen LogP contribution is -2.03. The Labute approximate surface area is 107 Å². The number of hydrogen-bond acceptors (Lipinski definition) is 3. The maximum absolute atomic E-state index is 4.49. The van der Waals surface area contributed by atoms with E-state index >= 15 is 0 Å². The van der Waals surface area contributed by atoms with Crippen molar-refractivity contribution in [1.29, 1.82) is 0 Å². The number of rotatable bonds is 6. The summed E-state index contributed by atoms with van der Waals surface area (Å²) in [5.41, 5.74) is 3.24. The number of allylic oxidation sites excluding steroid dienone is 1. The standard InChI is InChI=1S/C13H19N5/c1-10(2)6-4-5-7-18-12(8-11(3)17-18)13-14-9-15-16-13/h8-9H,1,4-7H2,2-3H3,(H,14,15,16). The first-order valence-electron chi connectivity index (χ1n) is 6.21. The lowest BCUT2D eigenvalue weighted by Gasteiger charge is -2.05. The monoisotopic (exact) mass is 245 g/mol. The SMILES string of the molecule is C=C(C)CCCCn1nc(C)cc1-c1ncn[nH]1. The molecule has 2 heterocycles. The molecule has 1 N–H and O–H groups in total. The summed E-state index contributed by atoms with van der Waals surface area (Å²) in [4.78, 5) is 4.18. The Morgan fingerprint density at radius 1 is 1.44 bits per heavy atom. The van der Waals surface area contributed by atoms with Crippen molar-refractivity contribution in [2.24, 2.45) is 0 Å². The molecule has 0 atom stereocenters. The van der Waals surface area contributed by atoms with Crippen molar-refractivity contribution in [2.45, 2.75) is 39.7 Å². The molecule has 0 fully saturated rings. The van der Waals surface area contributed by atoms with Gasteiger partial charge in [0.1, 0.15) is 12.0 Å².